The van der Waals surface area contributed by atoms with Gasteiger partial charge in [0.25, 0.3) is 0 Å². The molecule has 0 unspecified atom stereocenters. The van der Waals surface area contributed by atoms with E-state index in [1.807, 2.05) is 36.4 Å². The monoisotopic (exact) mass is 232 g/mol. The number of fused-ring (bicyclic) bond motifs is 1. The van der Waals surface area contributed by atoms with Crippen molar-refractivity contribution in [2.45, 2.75) is 5.75 Å². The number of pyridine rings is 1. The summed E-state index contributed by atoms with van der Waals surface area (Å²) in [6, 6.07) is 12.0. The fraction of sp³-hybridized carbons (Fsp3) is 0.0909. The Bertz CT molecular complexity index is 524. The van der Waals surface area contributed by atoms with Gasteiger partial charge < -0.3 is 11.6 Å². The van der Waals surface area contributed by atoms with E-state index in [2.05, 4.69) is 10.1 Å². The van der Waals surface area contributed by atoms with Crippen LogP contribution in [0.25, 0.3) is 10.9 Å². The molecule has 5 heteroatoms. The zero-order chi connectivity index (χ0) is 11.4. The summed E-state index contributed by atoms with van der Waals surface area (Å²) in [6.07, 6.45) is 0. The van der Waals surface area contributed by atoms with Crippen molar-refractivity contribution >= 4 is 27.8 Å². The first kappa shape index (κ1) is 10.8. The lowest BCUT2D eigenvalue weighted by molar-refractivity contribution is 1.22. The summed E-state index contributed by atoms with van der Waals surface area (Å²) in [7, 11) is 0. The SMILES string of the molecule is NN=C(N)SCc1ccc2ccccc2n1. The number of amidine groups is 1. The molecule has 0 saturated carbocycles. The van der Waals surface area contributed by atoms with E-state index in [4.69, 9.17) is 11.6 Å². The number of nitrogens with zero attached hydrogens (tertiary/aromatic N) is 2. The number of hydrogen-bond acceptors (Lipinski definition) is 4. The molecule has 0 aliphatic carbocycles. The van der Waals surface area contributed by atoms with E-state index in [1.54, 1.807) is 0 Å². The molecule has 16 heavy (non-hydrogen) atoms. The fourth-order valence-corrected chi connectivity index (χ4v) is 1.90. The number of aromatic nitrogens is 1. The van der Waals surface area contributed by atoms with Gasteiger partial charge in [-0.05, 0) is 12.1 Å². The zero-order valence-electron chi connectivity index (χ0n) is 8.63. The van der Waals surface area contributed by atoms with Gasteiger partial charge in [-0.2, -0.15) is 5.10 Å². The fourth-order valence-electron chi connectivity index (χ4n) is 1.37. The molecule has 1 aromatic heterocycles. The number of hydrogen-bond donors (Lipinski definition) is 2. The first-order valence-corrected chi connectivity index (χ1v) is 5.79. The molecule has 0 saturated heterocycles. The summed E-state index contributed by atoms with van der Waals surface area (Å²) >= 11 is 1.38. The molecule has 0 aliphatic heterocycles. The number of para-hydroxylation sites is 1. The van der Waals surface area contributed by atoms with Crippen molar-refractivity contribution < 1.29 is 0 Å². The van der Waals surface area contributed by atoms with E-state index in [9.17, 15) is 0 Å². The van der Waals surface area contributed by atoms with Crippen LogP contribution in [0.4, 0.5) is 0 Å². The maximum atomic E-state index is 5.49. The maximum Gasteiger partial charge on any atom is 0.177 e. The van der Waals surface area contributed by atoms with E-state index in [0.29, 0.717) is 10.9 Å². The lowest BCUT2D eigenvalue weighted by Gasteiger charge is -2.02. The molecule has 2 aromatic rings. The molecule has 0 atom stereocenters. The number of thioether (sulfide) groups is 1. The number of benzene rings is 1. The van der Waals surface area contributed by atoms with Crippen molar-refractivity contribution in [3.8, 4) is 0 Å². The summed E-state index contributed by atoms with van der Waals surface area (Å²) in [5.74, 6) is 5.73. The molecule has 0 aliphatic rings. The van der Waals surface area contributed by atoms with Crippen LogP contribution in [0.1, 0.15) is 5.69 Å². The summed E-state index contributed by atoms with van der Waals surface area (Å²) < 4.78 is 0. The van der Waals surface area contributed by atoms with Gasteiger partial charge in [0.05, 0.1) is 11.2 Å². The molecule has 1 heterocycles. The lowest BCUT2D eigenvalue weighted by atomic mass is 10.2. The average molecular weight is 232 g/mol. The van der Waals surface area contributed by atoms with Crippen LogP contribution in [-0.2, 0) is 5.75 Å². The van der Waals surface area contributed by atoms with Crippen molar-refractivity contribution in [1.82, 2.24) is 4.98 Å². The van der Waals surface area contributed by atoms with Crippen LogP contribution in [-0.4, -0.2) is 10.2 Å². The first-order valence-electron chi connectivity index (χ1n) is 4.80. The standard InChI is InChI=1S/C11H12N4S/c12-11(15-13)16-7-9-6-5-8-3-1-2-4-10(8)14-9/h1-6H,7,13H2,(H2,12,15). The highest BCUT2D eigenvalue weighted by molar-refractivity contribution is 8.13. The van der Waals surface area contributed by atoms with Gasteiger partial charge in [0, 0.05) is 11.1 Å². The second-order valence-electron chi connectivity index (χ2n) is 3.25. The number of nitrogens with two attached hydrogens (primary N) is 2. The van der Waals surface area contributed by atoms with Gasteiger partial charge in [0.1, 0.15) is 0 Å². The highest BCUT2D eigenvalue weighted by Gasteiger charge is 1.99. The summed E-state index contributed by atoms with van der Waals surface area (Å²) in [4.78, 5) is 4.51. The second kappa shape index (κ2) is 4.85. The maximum absolute atomic E-state index is 5.49. The Hall–Kier alpha value is -1.75. The molecule has 1 aromatic carbocycles. The van der Waals surface area contributed by atoms with Crippen molar-refractivity contribution in [2.24, 2.45) is 16.7 Å². The van der Waals surface area contributed by atoms with E-state index in [1.165, 1.54) is 11.8 Å². The average Bonchev–Trinajstić information content (AvgIpc) is 2.35. The quantitative estimate of drug-likeness (QED) is 0.357. The van der Waals surface area contributed by atoms with Gasteiger partial charge in [-0.25, -0.2) is 0 Å². The van der Waals surface area contributed by atoms with Crippen LogP contribution in [0.2, 0.25) is 0 Å². The van der Waals surface area contributed by atoms with Crippen LogP contribution >= 0.6 is 11.8 Å². The zero-order valence-corrected chi connectivity index (χ0v) is 9.45. The predicted octanol–water partition coefficient (Wildman–Crippen LogP) is 1.66. The minimum Gasteiger partial charge on any atom is -0.377 e. The molecule has 4 N–H and O–H groups in total. The van der Waals surface area contributed by atoms with Crippen LogP contribution in [0.5, 0.6) is 0 Å². The largest absolute Gasteiger partial charge is 0.377 e. The van der Waals surface area contributed by atoms with Crippen LogP contribution < -0.4 is 11.6 Å². The van der Waals surface area contributed by atoms with E-state index >= 15 is 0 Å². The van der Waals surface area contributed by atoms with Gasteiger partial charge in [0.2, 0.25) is 0 Å². The Morgan fingerprint density at radius 3 is 2.88 bits per heavy atom. The van der Waals surface area contributed by atoms with Crippen molar-refractivity contribution in [2.75, 3.05) is 0 Å². The number of hydrazone groups is 1. The molecule has 0 amide bonds. The van der Waals surface area contributed by atoms with E-state index in [0.717, 1.165) is 16.6 Å². The molecule has 0 spiro atoms. The van der Waals surface area contributed by atoms with E-state index in [-0.39, 0.29) is 0 Å². The summed E-state index contributed by atoms with van der Waals surface area (Å²) in [5, 5.41) is 4.90. The van der Waals surface area contributed by atoms with E-state index < -0.39 is 0 Å². The van der Waals surface area contributed by atoms with Gasteiger partial charge in [-0.3, -0.25) is 4.98 Å². The third-order valence-corrected chi connectivity index (χ3v) is 2.99. The van der Waals surface area contributed by atoms with Gasteiger partial charge in [-0.15, -0.1) is 0 Å². The second-order valence-corrected chi connectivity index (χ2v) is 4.25. The lowest BCUT2D eigenvalue weighted by Crippen LogP contribution is -2.09. The van der Waals surface area contributed by atoms with Crippen LogP contribution in [0.15, 0.2) is 41.5 Å². The highest BCUT2D eigenvalue weighted by Crippen LogP contribution is 2.15. The van der Waals surface area contributed by atoms with Gasteiger partial charge in [-0.1, -0.05) is 36.0 Å². The highest BCUT2D eigenvalue weighted by atomic mass is 32.2. The topological polar surface area (TPSA) is 77.3 Å². The molecular formula is C11H12N4S. The normalized spacial score (nSPS) is 11.9. The Morgan fingerprint density at radius 1 is 1.25 bits per heavy atom. The molecule has 4 nitrogen and oxygen atoms in total. The smallest absolute Gasteiger partial charge is 0.177 e. The minimum absolute atomic E-state index is 0.370. The molecule has 0 fully saturated rings. The third kappa shape index (κ3) is 2.43. The molecule has 0 radical (unpaired) electrons. The number of rotatable bonds is 2. The third-order valence-electron chi connectivity index (χ3n) is 2.15. The van der Waals surface area contributed by atoms with Crippen molar-refractivity contribution in [3.63, 3.8) is 0 Å². The predicted molar refractivity (Wildman–Crippen MR) is 68.8 cm³/mol. The summed E-state index contributed by atoms with van der Waals surface area (Å²) in [6.45, 7) is 0. The van der Waals surface area contributed by atoms with Crippen LogP contribution in [0, 0.1) is 0 Å². The summed E-state index contributed by atoms with van der Waals surface area (Å²) in [5.41, 5.74) is 7.45. The molecule has 2 rings (SSSR count). The Balaban J connectivity index is 2.20. The molecule has 82 valence electrons. The van der Waals surface area contributed by atoms with Crippen molar-refractivity contribution in [1.29, 1.82) is 0 Å². The molecular weight excluding hydrogens is 220 g/mol. The van der Waals surface area contributed by atoms with Crippen LogP contribution in [0.3, 0.4) is 0 Å². The Morgan fingerprint density at radius 2 is 2.06 bits per heavy atom. The Kier molecular flexibility index (Phi) is 3.26. The Labute approximate surface area is 97.7 Å². The minimum atomic E-state index is 0.370. The first-order chi connectivity index (χ1) is 7.79. The van der Waals surface area contributed by atoms with Gasteiger partial charge in [0.15, 0.2) is 5.17 Å². The van der Waals surface area contributed by atoms with Gasteiger partial charge >= 0.3 is 0 Å². The molecule has 0 bridgehead atoms. The van der Waals surface area contributed by atoms with Crippen molar-refractivity contribution in [3.05, 3.63) is 42.1 Å².